The van der Waals surface area contributed by atoms with Gasteiger partial charge >= 0.3 is 5.97 Å². The Balaban J connectivity index is 5.09. The summed E-state index contributed by atoms with van der Waals surface area (Å²) < 4.78 is 0. The number of thiol groups is 1. The van der Waals surface area contributed by atoms with Crippen molar-refractivity contribution in [2.45, 2.75) is 50.9 Å². The number of nitrogens with one attached hydrogen (secondary N) is 3. The molecule has 4 atom stereocenters. The molecule has 3 amide bonds. The number of aliphatic carboxylic acids is 1. The molecule has 0 fully saturated rings. The van der Waals surface area contributed by atoms with Crippen LogP contribution in [0.25, 0.3) is 0 Å². The van der Waals surface area contributed by atoms with Gasteiger partial charge in [-0.3, -0.25) is 14.4 Å². The van der Waals surface area contributed by atoms with Crippen LogP contribution in [0.5, 0.6) is 0 Å². The highest BCUT2D eigenvalue weighted by molar-refractivity contribution is 7.98. The van der Waals surface area contributed by atoms with Gasteiger partial charge in [-0.1, -0.05) is 13.8 Å². The first kappa shape index (κ1) is 27.5. The lowest BCUT2D eigenvalue weighted by Crippen LogP contribution is -2.58. The zero-order chi connectivity index (χ0) is 22.6. The van der Waals surface area contributed by atoms with E-state index in [0.717, 1.165) is 0 Å². The summed E-state index contributed by atoms with van der Waals surface area (Å²) in [5.41, 5.74) is 5.82. The van der Waals surface area contributed by atoms with E-state index in [1.807, 2.05) is 20.1 Å². The topological polar surface area (TPSA) is 171 Å². The molecule has 0 aromatic rings. The van der Waals surface area contributed by atoms with Gasteiger partial charge in [-0.15, -0.1) is 0 Å². The Morgan fingerprint density at radius 1 is 1.00 bits per heavy atom. The quantitative estimate of drug-likeness (QED) is 0.157. The normalized spacial score (nSPS) is 15.1. The molecular formula is C17H32N4O6S2. The maximum atomic E-state index is 12.6. The third kappa shape index (κ3) is 10.7. The van der Waals surface area contributed by atoms with Crippen molar-refractivity contribution in [2.75, 3.05) is 24.4 Å². The van der Waals surface area contributed by atoms with Crippen molar-refractivity contribution in [1.29, 1.82) is 0 Å². The minimum absolute atomic E-state index is 0.0166. The summed E-state index contributed by atoms with van der Waals surface area (Å²) in [4.78, 5) is 48.1. The number of thioether (sulfide) groups is 1. The second-order valence-electron chi connectivity index (χ2n) is 6.90. The Morgan fingerprint density at radius 2 is 1.52 bits per heavy atom. The van der Waals surface area contributed by atoms with Crippen molar-refractivity contribution in [3.05, 3.63) is 0 Å². The van der Waals surface area contributed by atoms with E-state index in [9.17, 15) is 19.2 Å². The third-order valence-corrected chi connectivity index (χ3v) is 4.93. The third-order valence-electron chi connectivity index (χ3n) is 3.92. The largest absolute Gasteiger partial charge is 0.480 e. The first-order valence-corrected chi connectivity index (χ1v) is 11.2. The van der Waals surface area contributed by atoms with Crippen LogP contribution in [0.1, 0.15) is 26.7 Å². The predicted molar refractivity (Wildman–Crippen MR) is 115 cm³/mol. The van der Waals surface area contributed by atoms with Gasteiger partial charge < -0.3 is 31.9 Å². The van der Waals surface area contributed by atoms with Crippen LogP contribution in [0.2, 0.25) is 0 Å². The Bertz CT molecular complexity index is 564. The molecule has 10 nitrogen and oxygen atoms in total. The molecule has 0 aliphatic heterocycles. The molecule has 29 heavy (non-hydrogen) atoms. The molecule has 0 spiro atoms. The monoisotopic (exact) mass is 452 g/mol. The molecular weight excluding hydrogens is 420 g/mol. The Kier molecular flexibility index (Phi) is 13.7. The molecule has 0 aromatic heterocycles. The van der Waals surface area contributed by atoms with Crippen LogP contribution < -0.4 is 21.7 Å². The first-order valence-electron chi connectivity index (χ1n) is 9.17. The van der Waals surface area contributed by atoms with Crippen LogP contribution in [-0.2, 0) is 19.2 Å². The molecule has 0 bridgehead atoms. The smallest absolute Gasteiger partial charge is 0.328 e. The summed E-state index contributed by atoms with van der Waals surface area (Å²) >= 11 is 5.52. The van der Waals surface area contributed by atoms with Crippen molar-refractivity contribution in [3.63, 3.8) is 0 Å². The van der Waals surface area contributed by atoms with Gasteiger partial charge in [0.05, 0.1) is 12.6 Å². The fourth-order valence-electron chi connectivity index (χ4n) is 2.32. The number of carboxylic acid groups (broad SMARTS) is 1. The van der Waals surface area contributed by atoms with Gasteiger partial charge in [0.15, 0.2) is 0 Å². The SMILES string of the molecule is CSCCC(NC(=O)C(CS)NC(=O)C(N)CC(C)C)C(=O)NC(CO)C(=O)O. The van der Waals surface area contributed by atoms with Gasteiger partial charge in [0.25, 0.3) is 0 Å². The van der Waals surface area contributed by atoms with E-state index in [1.54, 1.807) is 0 Å². The van der Waals surface area contributed by atoms with Gasteiger partial charge in [-0.2, -0.15) is 24.4 Å². The van der Waals surface area contributed by atoms with Gasteiger partial charge in [0, 0.05) is 5.75 Å². The summed E-state index contributed by atoms with van der Waals surface area (Å²) in [5.74, 6) is -2.56. The number of nitrogens with two attached hydrogens (primary N) is 1. The molecule has 0 aliphatic rings. The van der Waals surface area contributed by atoms with E-state index in [-0.39, 0.29) is 18.1 Å². The molecule has 0 saturated heterocycles. The fourth-order valence-corrected chi connectivity index (χ4v) is 3.05. The molecule has 0 aliphatic carbocycles. The minimum Gasteiger partial charge on any atom is -0.480 e. The molecule has 7 N–H and O–H groups in total. The summed E-state index contributed by atoms with van der Waals surface area (Å²) in [5, 5.41) is 25.2. The Morgan fingerprint density at radius 3 is 1.97 bits per heavy atom. The summed E-state index contributed by atoms with van der Waals surface area (Å²) in [7, 11) is 0. The number of hydrogen-bond acceptors (Lipinski definition) is 8. The van der Waals surface area contributed by atoms with Crippen molar-refractivity contribution in [2.24, 2.45) is 11.7 Å². The number of carboxylic acids is 1. The van der Waals surface area contributed by atoms with Gasteiger partial charge in [0.1, 0.15) is 18.1 Å². The van der Waals surface area contributed by atoms with Gasteiger partial charge in [-0.05, 0) is 30.8 Å². The lowest BCUT2D eigenvalue weighted by molar-refractivity contribution is -0.143. The number of rotatable bonds is 14. The van der Waals surface area contributed by atoms with E-state index < -0.39 is 54.5 Å². The molecule has 4 unspecified atom stereocenters. The van der Waals surface area contributed by atoms with Gasteiger partial charge in [-0.25, -0.2) is 4.79 Å². The lowest BCUT2D eigenvalue weighted by atomic mass is 10.0. The number of carbonyl (C=O) groups excluding carboxylic acids is 3. The van der Waals surface area contributed by atoms with Crippen molar-refractivity contribution in [3.8, 4) is 0 Å². The average molecular weight is 453 g/mol. The molecule has 0 rings (SSSR count). The second-order valence-corrected chi connectivity index (χ2v) is 8.26. The minimum atomic E-state index is -1.48. The predicted octanol–water partition coefficient (Wildman–Crippen LogP) is -1.43. The summed E-state index contributed by atoms with van der Waals surface area (Å²) in [6, 6.07) is -4.30. The van der Waals surface area contributed by atoms with E-state index >= 15 is 0 Å². The van der Waals surface area contributed by atoms with Crippen LogP contribution in [0.15, 0.2) is 0 Å². The highest BCUT2D eigenvalue weighted by Crippen LogP contribution is 2.05. The number of carbonyl (C=O) groups is 4. The van der Waals surface area contributed by atoms with Crippen LogP contribution in [0.3, 0.4) is 0 Å². The number of aliphatic hydroxyl groups is 1. The van der Waals surface area contributed by atoms with Crippen LogP contribution in [-0.4, -0.2) is 82.4 Å². The van der Waals surface area contributed by atoms with E-state index in [2.05, 4.69) is 28.6 Å². The highest BCUT2D eigenvalue weighted by Gasteiger charge is 2.29. The fraction of sp³-hybridized carbons (Fsp3) is 0.765. The standard InChI is InChI=1S/C17H32N4O6S2/c1-9(2)6-10(18)14(23)21-13(8-28)16(25)19-11(4-5-29-3)15(24)20-12(7-22)17(26)27/h9-13,22,28H,4-8,18H2,1-3H3,(H,19,25)(H,20,24)(H,21,23)(H,26,27). The summed E-state index contributed by atoms with van der Waals surface area (Å²) in [6.07, 6.45) is 2.50. The maximum Gasteiger partial charge on any atom is 0.328 e. The Labute approximate surface area is 180 Å². The maximum absolute atomic E-state index is 12.6. The average Bonchev–Trinajstić information content (AvgIpc) is 2.65. The zero-order valence-corrected chi connectivity index (χ0v) is 18.6. The Hall–Kier alpha value is -1.50. The van der Waals surface area contributed by atoms with Crippen molar-refractivity contribution >= 4 is 48.1 Å². The molecule has 0 saturated carbocycles. The van der Waals surface area contributed by atoms with Crippen molar-refractivity contribution < 1.29 is 29.4 Å². The molecule has 0 aromatic carbocycles. The van der Waals surface area contributed by atoms with E-state index in [1.165, 1.54) is 11.8 Å². The lowest BCUT2D eigenvalue weighted by Gasteiger charge is -2.24. The highest BCUT2D eigenvalue weighted by atomic mass is 32.2. The van der Waals surface area contributed by atoms with Crippen LogP contribution >= 0.6 is 24.4 Å². The molecule has 0 heterocycles. The number of amides is 3. The van der Waals surface area contributed by atoms with E-state index in [0.29, 0.717) is 12.2 Å². The van der Waals surface area contributed by atoms with Crippen molar-refractivity contribution in [1.82, 2.24) is 16.0 Å². The number of aliphatic hydroxyl groups excluding tert-OH is 1. The van der Waals surface area contributed by atoms with E-state index in [4.69, 9.17) is 15.9 Å². The van der Waals surface area contributed by atoms with Gasteiger partial charge in [0.2, 0.25) is 17.7 Å². The molecule has 0 radical (unpaired) electrons. The molecule has 168 valence electrons. The van der Waals surface area contributed by atoms with Crippen LogP contribution in [0, 0.1) is 5.92 Å². The van der Waals surface area contributed by atoms with Crippen LogP contribution in [0.4, 0.5) is 0 Å². The molecule has 12 heteroatoms. The summed E-state index contributed by atoms with van der Waals surface area (Å²) in [6.45, 7) is 3.05. The first-order chi connectivity index (χ1) is 13.6. The zero-order valence-electron chi connectivity index (χ0n) is 16.9. The number of hydrogen-bond donors (Lipinski definition) is 7. The second kappa shape index (κ2) is 14.5.